The summed E-state index contributed by atoms with van der Waals surface area (Å²) >= 11 is 0. The summed E-state index contributed by atoms with van der Waals surface area (Å²) in [6.07, 6.45) is 0. The van der Waals surface area contributed by atoms with Gasteiger partial charge in [-0.15, -0.1) is 0 Å². The predicted octanol–water partition coefficient (Wildman–Crippen LogP) is 1.71. The highest BCUT2D eigenvalue weighted by Crippen LogP contribution is 2.26. The average Bonchev–Trinajstić information content (AvgIpc) is 2.71. The molecule has 0 aliphatic rings. The summed E-state index contributed by atoms with van der Waals surface area (Å²) in [6, 6.07) is 5.15. The van der Waals surface area contributed by atoms with E-state index in [9.17, 15) is 4.79 Å². The van der Waals surface area contributed by atoms with Gasteiger partial charge in [-0.25, -0.2) is 4.98 Å². The maximum atomic E-state index is 12.1. The fraction of sp³-hybridized carbons (Fsp3) is 0.429. The molecule has 1 heterocycles. The number of fused-ring (bicyclic) bond motifs is 1. The Labute approximate surface area is 117 Å². The van der Waals surface area contributed by atoms with Crippen LogP contribution in [-0.2, 0) is 4.79 Å². The number of imidazole rings is 1. The summed E-state index contributed by atoms with van der Waals surface area (Å²) in [4.78, 5) is 16.4. The van der Waals surface area contributed by atoms with Crippen LogP contribution in [0.5, 0.6) is 5.75 Å². The number of carbonyl (C=O) groups excluding carboxylic acids is 1. The number of methoxy groups -OCH3 is 1. The van der Waals surface area contributed by atoms with Crippen molar-refractivity contribution in [3.63, 3.8) is 0 Å². The van der Waals surface area contributed by atoms with E-state index in [1.165, 1.54) is 0 Å². The Morgan fingerprint density at radius 3 is 2.70 bits per heavy atom. The molecule has 0 aliphatic heterocycles. The van der Waals surface area contributed by atoms with Gasteiger partial charge in [-0.3, -0.25) is 9.36 Å². The van der Waals surface area contributed by atoms with E-state index >= 15 is 0 Å². The number of aromatic nitrogens is 2. The van der Waals surface area contributed by atoms with Gasteiger partial charge in [0.05, 0.1) is 18.1 Å². The third-order valence-corrected chi connectivity index (χ3v) is 3.12. The van der Waals surface area contributed by atoms with Crippen LogP contribution in [0.1, 0.15) is 26.8 Å². The van der Waals surface area contributed by atoms with Gasteiger partial charge in [0.15, 0.2) is 0 Å². The van der Waals surface area contributed by atoms with Gasteiger partial charge in [-0.1, -0.05) is 0 Å². The third kappa shape index (κ3) is 2.54. The normalized spacial score (nSPS) is 12.7. The Hall–Kier alpha value is -2.24. The minimum Gasteiger partial charge on any atom is -0.497 e. The number of hydrogen-bond acceptors (Lipinski definition) is 4. The van der Waals surface area contributed by atoms with Gasteiger partial charge < -0.3 is 15.8 Å². The SMILES string of the molecule is COc1ccc2c(c1)nc(N)n2C(C)C(=O)NC(C)C. The van der Waals surface area contributed by atoms with Crippen LogP contribution >= 0.6 is 0 Å². The van der Waals surface area contributed by atoms with E-state index < -0.39 is 6.04 Å². The van der Waals surface area contributed by atoms with Crippen molar-refractivity contribution in [2.24, 2.45) is 0 Å². The average molecular weight is 276 g/mol. The van der Waals surface area contributed by atoms with Crippen molar-refractivity contribution in [1.82, 2.24) is 14.9 Å². The standard InChI is InChI=1S/C14H20N4O2/c1-8(2)16-13(19)9(3)18-12-6-5-10(20-4)7-11(12)17-14(18)15/h5-9H,1-4H3,(H2,15,17)(H,16,19). The van der Waals surface area contributed by atoms with E-state index in [2.05, 4.69) is 10.3 Å². The molecule has 1 aromatic heterocycles. The Balaban J connectivity index is 2.43. The molecule has 6 nitrogen and oxygen atoms in total. The molecule has 0 radical (unpaired) electrons. The number of nitrogens with zero attached hydrogens (tertiary/aromatic N) is 2. The van der Waals surface area contributed by atoms with Crippen molar-refractivity contribution in [2.75, 3.05) is 12.8 Å². The van der Waals surface area contributed by atoms with Gasteiger partial charge in [-0.2, -0.15) is 0 Å². The van der Waals surface area contributed by atoms with Gasteiger partial charge in [0.1, 0.15) is 11.8 Å². The zero-order valence-electron chi connectivity index (χ0n) is 12.2. The van der Waals surface area contributed by atoms with E-state index in [1.807, 2.05) is 26.0 Å². The highest BCUT2D eigenvalue weighted by atomic mass is 16.5. The molecule has 108 valence electrons. The van der Waals surface area contributed by atoms with E-state index in [4.69, 9.17) is 10.5 Å². The van der Waals surface area contributed by atoms with Crippen molar-refractivity contribution in [1.29, 1.82) is 0 Å². The van der Waals surface area contributed by atoms with Crippen LogP contribution in [0.3, 0.4) is 0 Å². The summed E-state index contributed by atoms with van der Waals surface area (Å²) in [7, 11) is 1.60. The van der Waals surface area contributed by atoms with E-state index in [1.54, 1.807) is 24.7 Å². The second kappa shape index (κ2) is 5.40. The molecule has 3 N–H and O–H groups in total. The Bertz CT molecular complexity index is 633. The molecule has 2 aromatic rings. The summed E-state index contributed by atoms with van der Waals surface area (Å²) in [6.45, 7) is 5.65. The molecule has 2 rings (SSSR count). The zero-order chi connectivity index (χ0) is 14.9. The van der Waals surface area contributed by atoms with E-state index in [0.717, 1.165) is 5.52 Å². The van der Waals surface area contributed by atoms with Crippen LogP contribution in [0.25, 0.3) is 11.0 Å². The Morgan fingerprint density at radius 2 is 2.10 bits per heavy atom. The van der Waals surface area contributed by atoms with Crippen molar-refractivity contribution in [2.45, 2.75) is 32.9 Å². The minimum absolute atomic E-state index is 0.0816. The first-order chi connectivity index (χ1) is 9.43. The highest BCUT2D eigenvalue weighted by molar-refractivity contribution is 5.86. The number of hydrogen-bond donors (Lipinski definition) is 2. The van der Waals surface area contributed by atoms with Crippen LogP contribution in [0.4, 0.5) is 5.95 Å². The molecule has 1 aromatic carbocycles. The fourth-order valence-corrected chi connectivity index (χ4v) is 2.15. The number of anilines is 1. The number of rotatable bonds is 4. The number of nitrogens with one attached hydrogen (secondary N) is 1. The molecule has 1 amide bonds. The van der Waals surface area contributed by atoms with Crippen LogP contribution in [0.2, 0.25) is 0 Å². The first-order valence-corrected chi connectivity index (χ1v) is 6.56. The maximum absolute atomic E-state index is 12.1. The molecule has 0 aliphatic carbocycles. The van der Waals surface area contributed by atoms with Crippen molar-refractivity contribution in [3.05, 3.63) is 18.2 Å². The topological polar surface area (TPSA) is 82.2 Å². The number of benzene rings is 1. The predicted molar refractivity (Wildman–Crippen MR) is 78.7 cm³/mol. The fourth-order valence-electron chi connectivity index (χ4n) is 2.15. The Morgan fingerprint density at radius 1 is 1.40 bits per heavy atom. The molecule has 0 saturated heterocycles. The molecule has 20 heavy (non-hydrogen) atoms. The van der Waals surface area contributed by atoms with Crippen LogP contribution in [0, 0.1) is 0 Å². The number of carbonyl (C=O) groups is 1. The van der Waals surface area contributed by atoms with Crippen LogP contribution in [0.15, 0.2) is 18.2 Å². The summed E-state index contributed by atoms with van der Waals surface area (Å²) < 4.78 is 6.89. The van der Waals surface area contributed by atoms with Gasteiger partial charge in [0.2, 0.25) is 11.9 Å². The summed E-state index contributed by atoms with van der Waals surface area (Å²) in [5, 5.41) is 2.88. The quantitative estimate of drug-likeness (QED) is 0.890. The van der Waals surface area contributed by atoms with Gasteiger partial charge in [-0.05, 0) is 32.9 Å². The number of ether oxygens (including phenoxy) is 1. The van der Waals surface area contributed by atoms with Gasteiger partial charge >= 0.3 is 0 Å². The molecule has 1 atom stereocenters. The second-order valence-corrected chi connectivity index (χ2v) is 5.03. The summed E-state index contributed by atoms with van der Waals surface area (Å²) in [5.41, 5.74) is 7.47. The lowest BCUT2D eigenvalue weighted by atomic mass is 10.2. The first-order valence-electron chi connectivity index (χ1n) is 6.56. The van der Waals surface area contributed by atoms with Crippen molar-refractivity contribution < 1.29 is 9.53 Å². The van der Waals surface area contributed by atoms with Crippen LogP contribution in [-0.4, -0.2) is 28.6 Å². The lowest BCUT2D eigenvalue weighted by Gasteiger charge is -2.17. The third-order valence-electron chi connectivity index (χ3n) is 3.12. The number of nitrogen functional groups attached to an aromatic ring is 1. The lowest BCUT2D eigenvalue weighted by molar-refractivity contribution is -0.124. The number of amides is 1. The molecule has 0 spiro atoms. The molecule has 6 heteroatoms. The zero-order valence-corrected chi connectivity index (χ0v) is 12.2. The Kier molecular flexibility index (Phi) is 3.83. The molecule has 1 unspecified atom stereocenters. The molecular weight excluding hydrogens is 256 g/mol. The largest absolute Gasteiger partial charge is 0.497 e. The lowest BCUT2D eigenvalue weighted by Crippen LogP contribution is -2.36. The first kappa shape index (κ1) is 14.2. The summed E-state index contributed by atoms with van der Waals surface area (Å²) in [5.74, 6) is 0.947. The van der Waals surface area contributed by atoms with Crippen molar-refractivity contribution in [3.8, 4) is 5.75 Å². The highest BCUT2D eigenvalue weighted by Gasteiger charge is 2.21. The number of nitrogens with two attached hydrogens (primary N) is 1. The maximum Gasteiger partial charge on any atom is 0.243 e. The van der Waals surface area contributed by atoms with E-state index in [-0.39, 0.29) is 11.9 Å². The van der Waals surface area contributed by atoms with Gasteiger partial charge in [0.25, 0.3) is 0 Å². The molecule has 0 fully saturated rings. The van der Waals surface area contributed by atoms with Crippen molar-refractivity contribution >= 4 is 22.9 Å². The monoisotopic (exact) mass is 276 g/mol. The smallest absolute Gasteiger partial charge is 0.243 e. The van der Waals surface area contributed by atoms with E-state index in [0.29, 0.717) is 17.2 Å². The molecular formula is C14H20N4O2. The minimum atomic E-state index is -0.421. The van der Waals surface area contributed by atoms with Gasteiger partial charge in [0, 0.05) is 12.1 Å². The van der Waals surface area contributed by atoms with Crippen LogP contribution < -0.4 is 15.8 Å². The second-order valence-electron chi connectivity index (χ2n) is 5.03. The molecule has 0 saturated carbocycles. The molecule has 0 bridgehead atoms.